The number of likely N-dealkylation sites (tertiary alicyclic amines) is 1. The highest BCUT2D eigenvalue weighted by atomic mass is 32.2. The molecule has 0 saturated carbocycles. The van der Waals surface area contributed by atoms with Gasteiger partial charge in [0, 0.05) is 6.54 Å². The quantitative estimate of drug-likeness (QED) is 0.245. The number of nitrogens with zero attached hydrogens (tertiary/aromatic N) is 1. The fourth-order valence-corrected chi connectivity index (χ4v) is 5.88. The maximum absolute atomic E-state index is 13.6. The summed E-state index contributed by atoms with van der Waals surface area (Å²) < 4.78 is 28.6. The van der Waals surface area contributed by atoms with Crippen molar-refractivity contribution in [2.45, 2.75) is 89.4 Å². The van der Waals surface area contributed by atoms with E-state index < -0.39 is 63.8 Å². The minimum atomic E-state index is -4.01. The molecule has 0 aromatic heterocycles. The van der Waals surface area contributed by atoms with E-state index in [4.69, 9.17) is 0 Å². The first kappa shape index (κ1) is 33.0. The zero-order chi connectivity index (χ0) is 30.2. The third-order valence-corrected chi connectivity index (χ3v) is 8.20. The molecule has 4 atom stereocenters. The molecule has 1 heterocycles. The Morgan fingerprint density at radius 2 is 1.70 bits per heavy atom. The Morgan fingerprint density at radius 1 is 1.07 bits per heavy atom. The van der Waals surface area contributed by atoms with Crippen molar-refractivity contribution in [1.82, 2.24) is 20.3 Å². The molecule has 0 spiro atoms. The van der Waals surface area contributed by atoms with Crippen LogP contribution in [-0.2, 0) is 29.2 Å². The molecule has 0 radical (unpaired) electrons. The zero-order valence-electron chi connectivity index (χ0n) is 23.8. The smallest absolute Gasteiger partial charge is 0.326 e. The van der Waals surface area contributed by atoms with Crippen LogP contribution in [0.15, 0.2) is 41.8 Å². The van der Waals surface area contributed by atoms with Gasteiger partial charge in [0.1, 0.15) is 24.2 Å². The number of benzene rings is 1. The Labute approximate surface area is 236 Å². The van der Waals surface area contributed by atoms with Gasteiger partial charge in [0.15, 0.2) is 0 Å². The molecular weight excluding hydrogens is 536 g/mol. The topological polar surface area (TPSA) is 162 Å². The molecule has 12 heteroatoms. The molecule has 1 saturated heterocycles. The first-order valence-corrected chi connectivity index (χ1v) is 15.0. The van der Waals surface area contributed by atoms with E-state index in [0.717, 1.165) is 5.56 Å². The number of aliphatic carboxylic acids is 1. The summed E-state index contributed by atoms with van der Waals surface area (Å²) in [7, 11) is -4.01. The fourth-order valence-electron chi connectivity index (χ4n) is 4.54. The minimum Gasteiger partial charge on any atom is -0.480 e. The molecule has 40 heavy (non-hydrogen) atoms. The number of rotatable bonds is 14. The summed E-state index contributed by atoms with van der Waals surface area (Å²) in [6.07, 6.45) is 2.53. The number of carbonyl (C=O) groups excluding carboxylic acids is 3. The van der Waals surface area contributed by atoms with Gasteiger partial charge >= 0.3 is 5.97 Å². The Balaban J connectivity index is 2.22. The van der Waals surface area contributed by atoms with Gasteiger partial charge in [-0.3, -0.25) is 14.4 Å². The summed E-state index contributed by atoms with van der Waals surface area (Å²) in [5.74, 6) is -3.34. The molecule has 1 aliphatic rings. The zero-order valence-corrected chi connectivity index (χ0v) is 24.7. The monoisotopic (exact) mass is 578 g/mol. The van der Waals surface area contributed by atoms with E-state index in [1.807, 2.05) is 20.8 Å². The van der Waals surface area contributed by atoms with Gasteiger partial charge in [0.2, 0.25) is 27.7 Å². The predicted molar refractivity (Wildman–Crippen MR) is 151 cm³/mol. The third-order valence-electron chi connectivity index (χ3n) is 6.74. The van der Waals surface area contributed by atoms with Crippen molar-refractivity contribution in [3.05, 3.63) is 42.5 Å². The summed E-state index contributed by atoms with van der Waals surface area (Å²) in [4.78, 5) is 52.9. The lowest BCUT2D eigenvalue weighted by molar-refractivity contribution is -0.143. The molecule has 1 aromatic rings. The molecule has 0 bridgehead atoms. The summed E-state index contributed by atoms with van der Waals surface area (Å²) >= 11 is 0. The van der Waals surface area contributed by atoms with E-state index in [2.05, 4.69) is 21.9 Å². The summed E-state index contributed by atoms with van der Waals surface area (Å²) in [5.41, 5.74) is 0.894. The molecule has 1 aromatic carbocycles. The molecule has 222 valence electrons. The molecule has 0 aliphatic carbocycles. The van der Waals surface area contributed by atoms with Gasteiger partial charge in [-0.1, -0.05) is 51.5 Å². The van der Waals surface area contributed by atoms with Crippen LogP contribution >= 0.6 is 0 Å². The van der Waals surface area contributed by atoms with E-state index in [1.165, 1.54) is 23.1 Å². The Bertz CT molecular complexity index is 1180. The lowest BCUT2D eigenvalue weighted by atomic mass is 10.0. The number of carboxylic acids is 1. The van der Waals surface area contributed by atoms with Gasteiger partial charge in [0.25, 0.3) is 0 Å². The second-order valence-electron chi connectivity index (χ2n) is 11.0. The number of hydrogen-bond acceptors (Lipinski definition) is 6. The van der Waals surface area contributed by atoms with E-state index >= 15 is 0 Å². The summed E-state index contributed by atoms with van der Waals surface area (Å²) in [6.45, 7) is 12.8. The van der Waals surface area contributed by atoms with Crippen LogP contribution in [-0.4, -0.2) is 72.8 Å². The van der Waals surface area contributed by atoms with E-state index in [-0.39, 0.29) is 30.2 Å². The summed E-state index contributed by atoms with van der Waals surface area (Å²) in [6, 6.07) is 2.06. The van der Waals surface area contributed by atoms with Crippen molar-refractivity contribution in [3.63, 3.8) is 0 Å². The third kappa shape index (κ3) is 8.88. The summed E-state index contributed by atoms with van der Waals surface area (Å²) in [5, 5.41) is 14.5. The van der Waals surface area contributed by atoms with Crippen LogP contribution in [0.2, 0.25) is 0 Å². The van der Waals surface area contributed by atoms with Crippen molar-refractivity contribution in [3.8, 4) is 0 Å². The Kier molecular flexibility index (Phi) is 11.9. The maximum Gasteiger partial charge on any atom is 0.326 e. The van der Waals surface area contributed by atoms with Gasteiger partial charge in [-0.25, -0.2) is 13.2 Å². The van der Waals surface area contributed by atoms with Gasteiger partial charge < -0.3 is 20.6 Å². The van der Waals surface area contributed by atoms with E-state index in [1.54, 1.807) is 26.0 Å². The molecule has 2 rings (SSSR count). The lowest BCUT2D eigenvalue weighted by Gasteiger charge is -2.31. The van der Waals surface area contributed by atoms with Crippen LogP contribution in [0.3, 0.4) is 0 Å². The van der Waals surface area contributed by atoms with Crippen molar-refractivity contribution in [2.24, 2.45) is 11.8 Å². The van der Waals surface area contributed by atoms with Gasteiger partial charge in [-0.15, -0.1) is 6.58 Å². The second kappa shape index (κ2) is 14.4. The molecular formula is C28H42N4O7S. The van der Waals surface area contributed by atoms with Gasteiger partial charge in [-0.05, 0) is 56.6 Å². The number of carboxylic acid groups (broad SMARTS) is 1. The SMILES string of the molecule is C=CCC(NC(=O)[C@H](CC(C)C)NC(=O)[C@@H]1CCCN1C(=O)[C@@H](NS(=O)(=O)c1ccc(C)cc1)C(C)C)C(=O)O. The van der Waals surface area contributed by atoms with Crippen molar-refractivity contribution >= 4 is 33.7 Å². The van der Waals surface area contributed by atoms with Crippen molar-refractivity contribution in [1.29, 1.82) is 0 Å². The van der Waals surface area contributed by atoms with Crippen molar-refractivity contribution in [2.75, 3.05) is 6.54 Å². The normalized spacial score (nSPS) is 17.8. The van der Waals surface area contributed by atoms with E-state index in [0.29, 0.717) is 12.8 Å². The number of nitrogens with one attached hydrogen (secondary N) is 3. The highest BCUT2D eigenvalue weighted by Crippen LogP contribution is 2.22. The number of sulfonamides is 1. The average molecular weight is 579 g/mol. The Hall–Kier alpha value is -3.25. The molecule has 11 nitrogen and oxygen atoms in total. The van der Waals surface area contributed by atoms with Crippen LogP contribution < -0.4 is 15.4 Å². The maximum atomic E-state index is 13.6. The van der Waals surface area contributed by atoms with Crippen LogP contribution in [0, 0.1) is 18.8 Å². The number of aryl methyl sites for hydroxylation is 1. The lowest BCUT2D eigenvalue weighted by Crippen LogP contribution is -2.58. The number of hydrogen-bond donors (Lipinski definition) is 4. The largest absolute Gasteiger partial charge is 0.480 e. The number of carbonyl (C=O) groups is 4. The first-order chi connectivity index (χ1) is 18.7. The highest BCUT2D eigenvalue weighted by Gasteiger charge is 2.40. The minimum absolute atomic E-state index is 0.00143. The fraction of sp³-hybridized carbons (Fsp3) is 0.571. The molecule has 1 fully saturated rings. The van der Waals surface area contributed by atoms with Crippen LogP contribution in [0.5, 0.6) is 0 Å². The molecule has 4 N–H and O–H groups in total. The van der Waals surface area contributed by atoms with Gasteiger partial charge in [0.05, 0.1) is 4.90 Å². The van der Waals surface area contributed by atoms with Crippen LogP contribution in [0.25, 0.3) is 0 Å². The first-order valence-electron chi connectivity index (χ1n) is 13.5. The van der Waals surface area contributed by atoms with Crippen molar-refractivity contribution < 1.29 is 32.7 Å². The standard InChI is InChI=1S/C28H42N4O7S/c1-7-9-21(28(36)37)29-25(33)22(16-17(2)3)30-26(34)23-10-8-15-32(23)27(35)24(18(4)5)31-40(38,39)20-13-11-19(6)12-14-20/h7,11-14,17-18,21-24,31H,1,8-10,15-16H2,2-6H3,(H,29,33)(H,30,34)(H,36,37)/t21?,22-,23-,24-/m0/s1. The second-order valence-corrected chi connectivity index (χ2v) is 12.7. The Morgan fingerprint density at radius 3 is 2.23 bits per heavy atom. The molecule has 1 unspecified atom stereocenters. The average Bonchev–Trinajstić information content (AvgIpc) is 3.36. The van der Waals surface area contributed by atoms with Crippen LogP contribution in [0.4, 0.5) is 0 Å². The number of amides is 3. The van der Waals surface area contributed by atoms with Gasteiger partial charge in [-0.2, -0.15) is 4.72 Å². The molecule has 3 amide bonds. The highest BCUT2D eigenvalue weighted by molar-refractivity contribution is 7.89. The van der Waals surface area contributed by atoms with Crippen LogP contribution in [0.1, 0.15) is 58.9 Å². The van der Waals surface area contributed by atoms with E-state index in [9.17, 15) is 32.7 Å². The molecule has 1 aliphatic heterocycles. The predicted octanol–water partition coefficient (Wildman–Crippen LogP) is 1.97.